The average Bonchev–Trinajstić information content (AvgIpc) is 3.12. The van der Waals surface area contributed by atoms with E-state index in [2.05, 4.69) is 18.3 Å². The lowest BCUT2D eigenvalue weighted by Crippen LogP contribution is -2.27. The molecule has 20 heavy (non-hydrogen) atoms. The topological polar surface area (TPSA) is 47.0 Å². The van der Waals surface area contributed by atoms with Gasteiger partial charge in [-0.15, -0.1) is 11.3 Å². The number of thiophene rings is 1. The van der Waals surface area contributed by atoms with Gasteiger partial charge >= 0.3 is 0 Å². The molecule has 2 aromatic heterocycles. The van der Waals surface area contributed by atoms with Crippen LogP contribution in [-0.2, 0) is 16.8 Å². The van der Waals surface area contributed by atoms with E-state index in [1.54, 1.807) is 18.4 Å². The number of ether oxygens (including phenoxy) is 1. The summed E-state index contributed by atoms with van der Waals surface area (Å²) in [5.74, 6) is 1.77. The van der Waals surface area contributed by atoms with Crippen LogP contribution in [0.2, 0.25) is 0 Å². The second kappa shape index (κ2) is 5.30. The van der Waals surface area contributed by atoms with E-state index in [0.29, 0.717) is 0 Å². The fourth-order valence-electron chi connectivity index (χ4n) is 3.01. The third-order valence-corrected chi connectivity index (χ3v) is 5.41. The van der Waals surface area contributed by atoms with Gasteiger partial charge in [-0.1, -0.05) is 6.92 Å². The van der Waals surface area contributed by atoms with Crippen LogP contribution in [-0.4, -0.2) is 24.1 Å². The fraction of sp³-hybridized carbons (Fsp3) is 0.600. The molecule has 0 saturated heterocycles. The summed E-state index contributed by atoms with van der Waals surface area (Å²) < 4.78 is 5.82. The van der Waals surface area contributed by atoms with Crippen molar-refractivity contribution in [3.8, 4) is 0 Å². The number of anilines is 1. The van der Waals surface area contributed by atoms with Crippen LogP contribution in [0.25, 0.3) is 10.2 Å². The lowest BCUT2D eigenvalue weighted by molar-refractivity contribution is -0.0158. The third kappa shape index (κ3) is 2.09. The van der Waals surface area contributed by atoms with Crippen LogP contribution >= 0.6 is 11.3 Å². The molecule has 0 amide bonds. The number of hydrogen-bond acceptors (Lipinski definition) is 5. The van der Waals surface area contributed by atoms with Gasteiger partial charge in [-0.05, 0) is 38.2 Å². The number of aromatic nitrogens is 2. The minimum absolute atomic E-state index is 0.282. The smallest absolute Gasteiger partial charge is 0.164 e. The molecule has 2 aromatic rings. The predicted molar refractivity (Wildman–Crippen MR) is 83.5 cm³/mol. The van der Waals surface area contributed by atoms with E-state index >= 15 is 0 Å². The van der Waals surface area contributed by atoms with E-state index in [1.807, 2.05) is 7.05 Å². The van der Waals surface area contributed by atoms with Crippen molar-refractivity contribution in [2.75, 3.05) is 19.5 Å². The minimum Gasteiger partial charge on any atom is -0.372 e. The fourth-order valence-corrected chi connectivity index (χ4v) is 3.97. The quantitative estimate of drug-likeness (QED) is 0.933. The van der Waals surface area contributed by atoms with Gasteiger partial charge in [0.1, 0.15) is 16.2 Å². The van der Waals surface area contributed by atoms with Crippen molar-refractivity contribution >= 4 is 27.4 Å². The van der Waals surface area contributed by atoms with Crippen molar-refractivity contribution in [1.82, 2.24) is 9.97 Å². The van der Waals surface area contributed by atoms with Crippen LogP contribution in [0.5, 0.6) is 0 Å². The molecular formula is C15H21N3OS. The van der Waals surface area contributed by atoms with Crippen LogP contribution in [0, 0.1) is 0 Å². The normalized spacial score (nSPS) is 17.8. The lowest BCUT2D eigenvalue weighted by atomic mass is 10.0. The summed E-state index contributed by atoms with van der Waals surface area (Å²) in [6, 6.07) is 2.20. The molecule has 5 heteroatoms. The first-order chi connectivity index (χ1) is 9.72. The van der Waals surface area contributed by atoms with E-state index < -0.39 is 0 Å². The molecule has 0 atom stereocenters. The molecule has 2 heterocycles. The van der Waals surface area contributed by atoms with Gasteiger partial charge < -0.3 is 10.1 Å². The third-order valence-electron chi connectivity index (χ3n) is 4.24. The Balaban J connectivity index is 2.16. The Kier molecular flexibility index (Phi) is 3.65. The minimum atomic E-state index is -0.282. The molecule has 1 aliphatic rings. The molecule has 1 saturated carbocycles. The molecule has 0 unspecified atom stereocenters. The maximum atomic E-state index is 5.82. The molecule has 108 valence electrons. The van der Waals surface area contributed by atoms with Crippen LogP contribution in [0.15, 0.2) is 6.07 Å². The Morgan fingerprint density at radius 3 is 2.70 bits per heavy atom. The van der Waals surface area contributed by atoms with Crippen molar-refractivity contribution in [3.05, 3.63) is 16.8 Å². The second-order valence-electron chi connectivity index (χ2n) is 5.34. The van der Waals surface area contributed by atoms with Gasteiger partial charge in [-0.2, -0.15) is 0 Å². The molecule has 1 aliphatic carbocycles. The zero-order valence-electron chi connectivity index (χ0n) is 12.3. The van der Waals surface area contributed by atoms with E-state index in [9.17, 15) is 0 Å². The van der Waals surface area contributed by atoms with Gasteiger partial charge in [-0.25, -0.2) is 9.97 Å². The summed E-state index contributed by atoms with van der Waals surface area (Å²) in [6.07, 6.45) is 5.45. The second-order valence-corrected chi connectivity index (χ2v) is 6.45. The highest BCUT2D eigenvalue weighted by Gasteiger charge is 2.39. The van der Waals surface area contributed by atoms with Gasteiger partial charge in [0.05, 0.1) is 5.39 Å². The van der Waals surface area contributed by atoms with Crippen molar-refractivity contribution in [1.29, 1.82) is 0 Å². The van der Waals surface area contributed by atoms with Crippen molar-refractivity contribution in [2.24, 2.45) is 0 Å². The van der Waals surface area contributed by atoms with Crippen molar-refractivity contribution in [3.63, 3.8) is 0 Å². The largest absolute Gasteiger partial charge is 0.372 e. The standard InChI is InChI=1S/C15H21N3OS/c1-4-10-9-11-12(16-2)17-14(18-13(11)20-10)15(19-3)7-5-6-8-15/h9H,4-8H2,1-3H3,(H,16,17,18). The highest BCUT2D eigenvalue weighted by atomic mass is 32.1. The molecule has 1 fully saturated rings. The zero-order valence-corrected chi connectivity index (χ0v) is 13.1. The van der Waals surface area contributed by atoms with Gasteiger partial charge in [-0.3, -0.25) is 0 Å². The van der Waals surface area contributed by atoms with Gasteiger partial charge in [0.2, 0.25) is 0 Å². The van der Waals surface area contributed by atoms with Crippen LogP contribution in [0.1, 0.15) is 43.3 Å². The number of nitrogens with zero attached hydrogens (tertiary/aromatic N) is 2. The molecule has 0 radical (unpaired) electrons. The summed E-state index contributed by atoms with van der Waals surface area (Å²) in [4.78, 5) is 12.0. The molecule has 0 spiro atoms. The number of rotatable bonds is 4. The molecule has 3 rings (SSSR count). The Bertz CT molecular complexity index is 617. The molecule has 0 bridgehead atoms. The van der Waals surface area contributed by atoms with Gasteiger partial charge in [0.15, 0.2) is 5.82 Å². The van der Waals surface area contributed by atoms with E-state index in [-0.39, 0.29) is 5.60 Å². The average molecular weight is 291 g/mol. The van der Waals surface area contributed by atoms with Crippen LogP contribution < -0.4 is 5.32 Å². The van der Waals surface area contributed by atoms with Gasteiger partial charge in [0, 0.05) is 19.0 Å². The first-order valence-corrected chi connectivity index (χ1v) is 8.08. The SMILES string of the molecule is CCc1cc2c(NC)nc(C3(OC)CCCC3)nc2s1. The molecule has 4 nitrogen and oxygen atoms in total. The summed E-state index contributed by atoms with van der Waals surface area (Å²) in [7, 11) is 3.70. The number of nitrogens with one attached hydrogen (secondary N) is 1. The molecule has 0 aromatic carbocycles. The van der Waals surface area contributed by atoms with Crippen LogP contribution in [0.3, 0.4) is 0 Å². The maximum Gasteiger partial charge on any atom is 0.164 e. The Morgan fingerprint density at radius 2 is 2.10 bits per heavy atom. The summed E-state index contributed by atoms with van der Waals surface area (Å²) in [5, 5.41) is 4.34. The molecular weight excluding hydrogens is 270 g/mol. The first-order valence-electron chi connectivity index (χ1n) is 7.26. The van der Waals surface area contributed by atoms with E-state index in [1.165, 1.54) is 17.7 Å². The van der Waals surface area contributed by atoms with E-state index in [4.69, 9.17) is 14.7 Å². The highest BCUT2D eigenvalue weighted by molar-refractivity contribution is 7.18. The predicted octanol–water partition coefficient (Wildman–Crippen LogP) is 3.71. The highest BCUT2D eigenvalue weighted by Crippen LogP contribution is 2.41. The van der Waals surface area contributed by atoms with E-state index in [0.717, 1.165) is 41.1 Å². The van der Waals surface area contributed by atoms with Crippen molar-refractivity contribution < 1.29 is 4.74 Å². The maximum absolute atomic E-state index is 5.82. The lowest BCUT2D eigenvalue weighted by Gasteiger charge is -2.26. The monoisotopic (exact) mass is 291 g/mol. The summed E-state index contributed by atoms with van der Waals surface area (Å²) in [5.41, 5.74) is -0.282. The molecule has 1 N–H and O–H groups in total. The number of fused-ring (bicyclic) bond motifs is 1. The first kappa shape index (κ1) is 13.8. The Hall–Kier alpha value is -1.20. The van der Waals surface area contributed by atoms with Crippen molar-refractivity contribution in [2.45, 2.75) is 44.6 Å². The zero-order chi connectivity index (χ0) is 14.2. The number of methoxy groups -OCH3 is 1. The number of hydrogen-bond donors (Lipinski definition) is 1. The Labute approximate surface area is 123 Å². The van der Waals surface area contributed by atoms with Crippen LogP contribution in [0.4, 0.5) is 5.82 Å². The molecule has 0 aliphatic heterocycles. The number of aryl methyl sites for hydroxylation is 1. The summed E-state index contributed by atoms with van der Waals surface area (Å²) in [6.45, 7) is 2.17. The Morgan fingerprint density at radius 1 is 1.35 bits per heavy atom. The van der Waals surface area contributed by atoms with Gasteiger partial charge in [0.25, 0.3) is 0 Å². The summed E-state index contributed by atoms with van der Waals surface area (Å²) >= 11 is 1.76.